The molecule has 2 rings (SSSR count). The number of nitrogens with one attached hydrogen (secondary N) is 2. The molecule has 5 nitrogen and oxygen atoms in total. The van der Waals surface area contributed by atoms with Crippen LogP contribution in [-0.2, 0) is 6.54 Å². The zero-order valence-corrected chi connectivity index (χ0v) is 16.5. The van der Waals surface area contributed by atoms with Gasteiger partial charge >= 0.3 is 0 Å². The molecule has 1 fully saturated rings. The van der Waals surface area contributed by atoms with E-state index in [1.165, 1.54) is 25.7 Å². The van der Waals surface area contributed by atoms with Gasteiger partial charge in [0.1, 0.15) is 11.5 Å². The fourth-order valence-corrected chi connectivity index (χ4v) is 2.80. The van der Waals surface area contributed by atoms with Gasteiger partial charge in [0.25, 0.3) is 0 Å². The lowest BCUT2D eigenvalue weighted by molar-refractivity contribution is 0.329. The molecule has 3 N–H and O–H groups in total. The van der Waals surface area contributed by atoms with Crippen molar-refractivity contribution < 1.29 is 9.84 Å². The Kier molecular flexibility index (Phi) is 8.51. The Morgan fingerprint density at radius 1 is 1.30 bits per heavy atom. The van der Waals surface area contributed by atoms with E-state index in [1.54, 1.807) is 26.3 Å². The van der Waals surface area contributed by atoms with Gasteiger partial charge in [-0.1, -0.05) is 6.92 Å². The van der Waals surface area contributed by atoms with Gasteiger partial charge in [0.2, 0.25) is 0 Å². The first-order chi connectivity index (χ1) is 10.6. The number of aliphatic imine (C=N–C) groups is 1. The Morgan fingerprint density at radius 2 is 2.00 bits per heavy atom. The third kappa shape index (κ3) is 6.08. The van der Waals surface area contributed by atoms with Gasteiger partial charge in [-0.15, -0.1) is 24.0 Å². The van der Waals surface area contributed by atoms with Gasteiger partial charge in [-0.3, -0.25) is 4.99 Å². The van der Waals surface area contributed by atoms with E-state index < -0.39 is 0 Å². The lowest BCUT2D eigenvalue weighted by atomic mass is 9.87. The Bertz CT molecular complexity index is 515. The third-order valence-corrected chi connectivity index (χ3v) is 4.31. The predicted molar refractivity (Wildman–Crippen MR) is 105 cm³/mol. The molecular formula is C17H28IN3O2. The monoisotopic (exact) mass is 433 g/mol. The van der Waals surface area contributed by atoms with Crippen molar-refractivity contribution in [3.05, 3.63) is 23.8 Å². The van der Waals surface area contributed by atoms with E-state index in [1.807, 2.05) is 6.07 Å². The maximum Gasteiger partial charge on any atom is 0.191 e. The average Bonchev–Trinajstić information content (AvgIpc) is 2.54. The Labute approximate surface area is 155 Å². The summed E-state index contributed by atoms with van der Waals surface area (Å²) in [6, 6.07) is 5.71. The molecule has 1 aliphatic rings. The van der Waals surface area contributed by atoms with Gasteiger partial charge in [-0.05, 0) is 49.8 Å². The Morgan fingerprint density at radius 3 is 2.61 bits per heavy atom. The third-order valence-electron chi connectivity index (χ3n) is 4.31. The number of methoxy groups -OCH3 is 1. The van der Waals surface area contributed by atoms with E-state index in [9.17, 15) is 5.11 Å². The van der Waals surface area contributed by atoms with Crippen LogP contribution in [0.2, 0.25) is 0 Å². The highest BCUT2D eigenvalue weighted by molar-refractivity contribution is 14.0. The number of benzene rings is 1. The molecule has 0 spiro atoms. The van der Waals surface area contributed by atoms with Crippen molar-refractivity contribution >= 4 is 29.9 Å². The van der Waals surface area contributed by atoms with Crippen LogP contribution in [0.1, 0.15) is 38.2 Å². The van der Waals surface area contributed by atoms with Gasteiger partial charge < -0.3 is 20.5 Å². The number of phenols is 1. The molecular weight excluding hydrogens is 405 g/mol. The highest BCUT2D eigenvalue weighted by atomic mass is 127. The van der Waals surface area contributed by atoms with Crippen molar-refractivity contribution in [2.75, 3.05) is 14.2 Å². The number of ether oxygens (including phenoxy) is 1. The molecule has 0 bridgehead atoms. The molecule has 1 aliphatic carbocycles. The van der Waals surface area contributed by atoms with Crippen molar-refractivity contribution in [2.24, 2.45) is 10.9 Å². The lowest BCUT2D eigenvalue weighted by Gasteiger charge is -2.28. The summed E-state index contributed by atoms with van der Waals surface area (Å²) in [6.45, 7) is 2.82. The molecule has 0 heterocycles. The van der Waals surface area contributed by atoms with Crippen LogP contribution in [0.25, 0.3) is 0 Å². The summed E-state index contributed by atoms with van der Waals surface area (Å²) in [5.74, 6) is 2.61. The highest BCUT2D eigenvalue weighted by Crippen LogP contribution is 2.24. The zero-order chi connectivity index (χ0) is 15.9. The molecule has 0 aliphatic heterocycles. The number of nitrogens with zero attached hydrogens (tertiary/aromatic N) is 1. The first kappa shape index (κ1) is 19.9. The zero-order valence-electron chi connectivity index (χ0n) is 14.1. The van der Waals surface area contributed by atoms with Crippen LogP contribution in [0.3, 0.4) is 0 Å². The molecule has 0 atom stereocenters. The number of guanidine groups is 1. The van der Waals surface area contributed by atoms with Crippen LogP contribution >= 0.6 is 24.0 Å². The Hall–Kier alpha value is -1.18. The van der Waals surface area contributed by atoms with E-state index in [4.69, 9.17) is 4.74 Å². The minimum absolute atomic E-state index is 0. The second-order valence-electron chi connectivity index (χ2n) is 6.02. The van der Waals surface area contributed by atoms with Crippen LogP contribution < -0.4 is 15.4 Å². The second kappa shape index (κ2) is 9.85. The standard InChI is InChI=1S/C17H27N3O2.HI/c1-12-4-6-14(7-5-12)20-17(18-2)19-11-13-10-15(22-3)8-9-16(13)21;/h8-10,12,14,21H,4-7,11H2,1-3H3,(H2,18,19,20);1H. The molecule has 0 radical (unpaired) electrons. The normalized spacial score (nSPS) is 21.3. The van der Waals surface area contributed by atoms with Crippen LogP contribution in [0.15, 0.2) is 23.2 Å². The van der Waals surface area contributed by atoms with Crippen molar-refractivity contribution in [1.29, 1.82) is 0 Å². The van der Waals surface area contributed by atoms with E-state index >= 15 is 0 Å². The molecule has 6 heteroatoms. The minimum Gasteiger partial charge on any atom is -0.508 e. The van der Waals surface area contributed by atoms with Gasteiger partial charge in [-0.2, -0.15) is 0 Å². The molecule has 0 amide bonds. The van der Waals surface area contributed by atoms with Gasteiger partial charge in [-0.25, -0.2) is 0 Å². The predicted octanol–water partition coefficient (Wildman–Crippen LogP) is 3.26. The summed E-state index contributed by atoms with van der Waals surface area (Å²) in [4.78, 5) is 4.27. The molecule has 1 aromatic carbocycles. The maximum atomic E-state index is 9.91. The molecule has 0 aromatic heterocycles. The highest BCUT2D eigenvalue weighted by Gasteiger charge is 2.18. The van der Waals surface area contributed by atoms with Crippen molar-refractivity contribution in [1.82, 2.24) is 10.6 Å². The summed E-state index contributed by atoms with van der Waals surface area (Å²) in [5.41, 5.74) is 0.791. The molecule has 0 saturated heterocycles. The largest absolute Gasteiger partial charge is 0.508 e. The topological polar surface area (TPSA) is 65.9 Å². The van der Waals surface area contributed by atoms with Crippen LogP contribution in [-0.4, -0.2) is 31.3 Å². The van der Waals surface area contributed by atoms with E-state index in [0.29, 0.717) is 12.6 Å². The smallest absolute Gasteiger partial charge is 0.191 e. The van der Waals surface area contributed by atoms with Crippen LogP contribution in [0.5, 0.6) is 11.5 Å². The molecule has 0 unspecified atom stereocenters. The minimum atomic E-state index is 0. The van der Waals surface area contributed by atoms with Crippen molar-refractivity contribution in [3.63, 3.8) is 0 Å². The number of halogens is 1. The Balaban J connectivity index is 0.00000264. The van der Waals surface area contributed by atoms with E-state index in [0.717, 1.165) is 23.2 Å². The van der Waals surface area contributed by atoms with Crippen molar-refractivity contribution in [2.45, 2.75) is 45.2 Å². The molecule has 130 valence electrons. The number of rotatable bonds is 4. The summed E-state index contributed by atoms with van der Waals surface area (Å²) in [7, 11) is 3.39. The SMILES string of the molecule is CN=C(NCc1cc(OC)ccc1O)NC1CCC(C)CC1.I. The quantitative estimate of drug-likeness (QED) is 0.388. The van der Waals surface area contributed by atoms with E-state index in [-0.39, 0.29) is 29.7 Å². The first-order valence-corrected chi connectivity index (χ1v) is 7.95. The van der Waals surface area contributed by atoms with Crippen LogP contribution in [0, 0.1) is 5.92 Å². The van der Waals surface area contributed by atoms with Gasteiger partial charge in [0.15, 0.2) is 5.96 Å². The fraction of sp³-hybridized carbons (Fsp3) is 0.588. The summed E-state index contributed by atoms with van der Waals surface area (Å²) >= 11 is 0. The number of hydrogen-bond acceptors (Lipinski definition) is 3. The summed E-state index contributed by atoms with van der Waals surface area (Å²) in [5, 5.41) is 16.6. The van der Waals surface area contributed by atoms with Crippen molar-refractivity contribution in [3.8, 4) is 11.5 Å². The number of aromatic hydroxyl groups is 1. The fourth-order valence-electron chi connectivity index (χ4n) is 2.80. The number of phenolic OH excluding ortho intramolecular Hbond substituents is 1. The van der Waals surface area contributed by atoms with Gasteiger partial charge in [0.05, 0.1) is 7.11 Å². The summed E-state index contributed by atoms with van der Waals surface area (Å²) in [6.07, 6.45) is 4.91. The van der Waals surface area contributed by atoms with E-state index in [2.05, 4.69) is 22.5 Å². The molecule has 23 heavy (non-hydrogen) atoms. The maximum absolute atomic E-state index is 9.91. The molecule has 1 saturated carbocycles. The van der Waals surface area contributed by atoms with Crippen LogP contribution in [0.4, 0.5) is 0 Å². The lowest BCUT2D eigenvalue weighted by Crippen LogP contribution is -2.44. The first-order valence-electron chi connectivity index (χ1n) is 7.95. The average molecular weight is 433 g/mol. The summed E-state index contributed by atoms with van der Waals surface area (Å²) < 4.78 is 5.19. The second-order valence-corrected chi connectivity index (χ2v) is 6.02. The van der Waals surface area contributed by atoms with Gasteiger partial charge in [0, 0.05) is 25.2 Å². The molecule has 1 aromatic rings. The number of hydrogen-bond donors (Lipinski definition) is 3.